The van der Waals surface area contributed by atoms with E-state index in [-0.39, 0.29) is 18.5 Å². The van der Waals surface area contributed by atoms with Crippen molar-refractivity contribution in [3.05, 3.63) is 112 Å². The lowest BCUT2D eigenvalue weighted by atomic mass is 10.0. The van der Waals surface area contributed by atoms with Crippen LogP contribution in [0.4, 0.5) is 5.95 Å². The minimum atomic E-state index is -0.232. The number of aromatic nitrogens is 4. The first-order valence-corrected chi connectivity index (χ1v) is 11.4. The molecule has 0 unspecified atom stereocenters. The Morgan fingerprint density at radius 3 is 2.47 bits per heavy atom. The van der Waals surface area contributed by atoms with Gasteiger partial charge in [-0.15, -0.1) is 0 Å². The topological polar surface area (TPSA) is 75.9 Å². The normalized spacial score (nSPS) is 14.9. The molecule has 1 N–H and O–H groups in total. The van der Waals surface area contributed by atoms with E-state index in [4.69, 9.17) is 11.6 Å². The number of amides is 1. The lowest BCUT2D eigenvalue weighted by molar-refractivity contribution is -0.119. The molecule has 1 aromatic heterocycles. The number of nitrogens with zero attached hydrogens (tertiary/aromatic N) is 5. The summed E-state index contributed by atoms with van der Waals surface area (Å²) in [4.78, 5) is 14.8. The van der Waals surface area contributed by atoms with E-state index in [1.807, 2.05) is 90.7 Å². The van der Waals surface area contributed by atoms with Crippen LogP contribution in [0.3, 0.4) is 0 Å². The van der Waals surface area contributed by atoms with Crippen LogP contribution in [-0.4, -0.2) is 32.7 Å². The molecule has 2 heterocycles. The van der Waals surface area contributed by atoms with Gasteiger partial charge < -0.3 is 5.32 Å². The van der Waals surface area contributed by atoms with Gasteiger partial charge in [0, 0.05) is 11.6 Å². The summed E-state index contributed by atoms with van der Waals surface area (Å²) in [6, 6.07) is 25.4. The summed E-state index contributed by atoms with van der Waals surface area (Å²) < 4.78 is 1.73. The number of carbonyl (C=O) groups excluding carboxylic acids is 1. The SMILES string of the molecule is Cc1ccc(CNC(=O)CN2C(c3ccccc3)=C[C@H](c3ccc(Cl)cc3)n3nnnc32)cc1. The molecule has 0 saturated heterocycles. The van der Waals surface area contributed by atoms with Crippen molar-refractivity contribution in [3.63, 3.8) is 0 Å². The number of hydrogen-bond acceptors (Lipinski definition) is 5. The molecule has 4 aromatic rings. The zero-order valence-electron chi connectivity index (χ0n) is 18.6. The van der Waals surface area contributed by atoms with Crippen LogP contribution in [0.15, 0.2) is 84.9 Å². The number of nitrogens with one attached hydrogen (secondary N) is 1. The highest BCUT2D eigenvalue weighted by atomic mass is 35.5. The Bertz CT molecular complexity index is 1320. The van der Waals surface area contributed by atoms with Crippen LogP contribution in [-0.2, 0) is 11.3 Å². The number of rotatable bonds is 6. The molecule has 7 nitrogen and oxygen atoms in total. The molecule has 1 aliphatic rings. The molecular weight excluding hydrogens is 448 g/mol. The van der Waals surface area contributed by atoms with E-state index in [1.165, 1.54) is 5.56 Å². The van der Waals surface area contributed by atoms with Gasteiger partial charge in [0.05, 0.1) is 5.70 Å². The average Bonchev–Trinajstić information content (AvgIpc) is 3.35. The Morgan fingerprint density at radius 1 is 1.00 bits per heavy atom. The lowest BCUT2D eigenvalue weighted by Crippen LogP contribution is -2.39. The second kappa shape index (κ2) is 9.49. The van der Waals surface area contributed by atoms with Crippen LogP contribution in [0, 0.1) is 6.92 Å². The van der Waals surface area contributed by atoms with Gasteiger partial charge in [-0.2, -0.15) is 4.68 Å². The quantitative estimate of drug-likeness (QED) is 0.452. The number of benzene rings is 3. The molecule has 5 rings (SSSR count). The molecule has 8 heteroatoms. The smallest absolute Gasteiger partial charge is 0.251 e. The fraction of sp³-hybridized carbons (Fsp3) is 0.154. The molecule has 1 aliphatic heterocycles. The number of fused-ring (bicyclic) bond motifs is 1. The Hall–Kier alpha value is -3.97. The first kappa shape index (κ1) is 21.9. The summed E-state index contributed by atoms with van der Waals surface area (Å²) in [5.74, 6) is 0.383. The minimum Gasteiger partial charge on any atom is -0.350 e. The Balaban J connectivity index is 1.45. The molecule has 0 aliphatic carbocycles. The molecule has 3 aromatic carbocycles. The fourth-order valence-corrected chi connectivity index (χ4v) is 4.11. The third-order valence-electron chi connectivity index (χ3n) is 5.78. The molecule has 170 valence electrons. The summed E-state index contributed by atoms with van der Waals surface area (Å²) in [5.41, 5.74) is 5.07. The number of aryl methyl sites for hydroxylation is 1. The average molecular weight is 471 g/mol. The predicted octanol–water partition coefficient (Wildman–Crippen LogP) is 4.40. The molecule has 1 atom stereocenters. The van der Waals surface area contributed by atoms with Gasteiger partial charge in [0.2, 0.25) is 5.91 Å². The Morgan fingerprint density at radius 2 is 1.74 bits per heavy atom. The van der Waals surface area contributed by atoms with Crippen molar-refractivity contribution < 1.29 is 4.79 Å². The largest absolute Gasteiger partial charge is 0.350 e. The fourth-order valence-electron chi connectivity index (χ4n) is 3.98. The second-order valence-corrected chi connectivity index (χ2v) is 8.62. The Kier molecular flexibility index (Phi) is 6.10. The zero-order chi connectivity index (χ0) is 23.5. The third-order valence-corrected chi connectivity index (χ3v) is 6.03. The molecule has 0 radical (unpaired) electrons. The van der Waals surface area contributed by atoms with Crippen molar-refractivity contribution in [1.82, 2.24) is 25.5 Å². The maximum absolute atomic E-state index is 13.0. The number of halogens is 1. The van der Waals surface area contributed by atoms with Crippen molar-refractivity contribution in [3.8, 4) is 0 Å². The maximum Gasteiger partial charge on any atom is 0.251 e. The number of allylic oxidation sites excluding steroid dienone is 1. The summed E-state index contributed by atoms with van der Waals surface area (Å²) >= 11 is 6.10. The van der Waals surface area contributed by atoms with Crippen LogP contribution in [0.25, 0.3) is 5.70 Å². The number of carbonyl (C=O) groups is 1. The van der Waals surface area contributed by atoms with Gasteiger partial charge in [-0.1, -0.05) is 89.0 Å². The predicted molar refractivity (Wildman–Crippen MR) is 132 cm³/mol. The first-order valence-electron chi connectivity index (χ1n) is 11.0. The monoisotopic (exact) mass is 470 g/mol. The molecular formula is C26H23ClN6O. The number of tetrazole rings is 1. The van der Waals surface area contributed by atoms with Crippen LogP contribution in [0.1, 0.15) is 28.3 Å². The molecule has 0 bridgehead atoms. The maximum atomic E-state index is 13.0. The zero-order valence-corrected chi connectivity index (χ0v) is 19.4. The van der Waals surface area contributed by atoms with Crippen molar-refractivity contribution in [2.75, 3.05) is 11.4 Å². The highest BCUT2D eigenvalue weighted by Gasteiger charge is 2.31. The van der Waals surface area contributed by atoms with Gasteiger partial charge in [-0.05, 0) is 52.2 Å². The van der Waals surface area contributed by atoms with Crippen molar-refractivity contribution >= 4 is 29.2 Å². The van der Waals surface area contributed by atoms with Crippen molar-refractivity contribution in [2.45, 2.75) is 19.5 Å². The molecule has 0 fully saturated rings. The molecule has 0 saturated carbocycles. The van der Waals surface area contributed by atoms with E-state index in [1.54, 1.807) is 4.68 Å². The van der Waals surface area contributed by atoms with E-state index in [0.29, 0.717) is 17.5 Å². The number of hydrogen-bond donors (Lipinski definition) is 1. The van der Waals surface area contributed by atoms with Crippen LogP contribution in [0.5, 0.6) is 0 Å². The number of anilines is 1. The van der Waals surface area contributed by atoms with Crippen molar-refractivity contribution in [2.24, 2.45) is 0 Å². The summed E-state index contributed by atoms with van der Waals surface area (Å²) in [7, 11) is 0. The van der Waals surface area contributed by atoms with Crippen LogP contribution >= 0.6 is 11.6 Å². The standard InChI is InChI=1S/C26H23ClN6O/c1-18-7-9-19(10-8-18)16-28-25(34)17-32-23(20-5-3-2-4-6-20)15-24(33-26(32)29-30-31-33)21-11-13-22(27)14-12-21/h2-15,24H,16-17H2,1H3,(H,28,34)/t24-/m1/s1. The van der Waals surface area contributed by atoms with E-state index in [9.17, 15) is 4.79 Å². The first-order chi connectivity index (χ1) is 16.6. The second-order valence-electron chi connectivity index (χ2n) is 8.19. The van der Waals surface area contributed by atoms with Gasteiger partial charge in [0.15, 0.2) is 0 Å². The summed E-state index contributed by atoms with van der Waals surface area (Å²) in [6.07, 6.45) is 2.08. The molecule has 1 amide bonds. The van der Waals surface area contributed by atoms with E-state index in [0.717, 1.165) is 22.4 Å². The van der Waals surface area contributed by atoms with Gasteiger partial charge in [0.1, 0.15) is 12.6 Å². The highest BCUT2D eigenvalue weighted by Crippen LogP contribution is 2.36. The minimum absolute atomic E-state index is 0.0836. The Labute approximate surface area is 202 Å². The van der Waals surface area contributed by atoms with E-state index < -0.39 is 0 Å². The van der Waals surface area contributed by atoms with Gasteiger partial charge in [-0.3, -0.25) is 9.69 Å². The highest BCUT2D eigenvalue weighted by molar-refractivity contribution is 6.30. The van der Waals surface area contributed by atoms with Gasteiger partial charge >= 0.3 is 0 Å². The van der Waals surface area contributed by atoms with Gasteiger partial charge in [0.25, 0.3) is 5.95 Å². The summed E-state index contributed by atoms with van der Waals surface area (Å²) in [6.45, 7) is 2.58. The van der Waals surface area contributed by atoms with Crippen molar-refractivity contribution in [1.29, 1.82) is 0 Å². The van der Waals surface area contributed by atoms with Crippen LogP contribution < -0.4 is 10.2 Å². The van der Waals surface area contributed by atoms with E-state index in [2.05, 4.69) is 26.9 Å². The molecule has 34 heavy (non-hydrogen) atoms. The van der Waals surface area contributed by atoms with E-state index >= 15 is 0 Å². The van der Waals surface area contributed by atoms with Gasteiger partial charge in [-0.25, -0.2) is 0 Å². The van der Waals surface area contributed by atoms with Crippen LogP contribution in [0.2, 0.25) is 5.02 Å². The summed E-state index contributed by atoms with van der Waals surface area (Å²) in [5, 5.41) is 16.1. The molecule has 0 spiro atoms. The lowest BCUT2D eigenvalue weighted by Gasteiger charge is -2.32. The third kappa shape index (κ3) is 4.56.